The predicted molar refractivity (Wildman–Crippen MR) is 134 cm³/mol. The smallest absolute Gasteiger partial charge is 0.335 e. The highest BCUT2D eigenvalue weighted by molar-refractivity contribution is 6.03. The third kappa shape index (κ3) is 3.89. The number of aromatic carboxylic acids is 1. The van der Waals surface area contributed by atoms with Gasteiger partial charge in [0.25, 0.3) is 0 Å². The number of fused-ring (bicyclic) bond motifs is 2. The predicted octanol–water partition coefficient (Wildman–Crippen LogP) is 6.32. The van der Waals surface area contributed by atoms with Crippen molar-refractivity contribution < 1.29 is 14.3 Å². The van der Waals surface area contributed by atoms with E-state index in [1.165, 1.54) is 6.07 Å². The largest absolute Gasteiger partial charge is 0.478 e. The van der Waals surface area contributed by atoms with Crippen molar-refractivity contribution in [1.29, 1.82) is 5.26 Å². The van der Waals surface area contributed by atoms with E-state index in [9.17, 15) is 19.6 Å². The van der Waals surface area contributed by atoms with Crippen LogP contribution < -0.4 is 0 Å². The highest BCUT2D eigenvalue weighted by atomic mass is 19.1. The van der Waals surface area contributed by atoms with Gasteiger partial charge in [0.05, 0.1) is 24.7 Å². The summed E-state index contributed by atoms with van der Waals surface area (Å²) in [5, 5.41) is 20.0. The zero-order chi connectivity index (χ0) is 24.7. The number of carboxylic acids is 1. The molecule has 0 atom stereocenters. The normalized spacial score (nSPS) is 12.6. The summed E-state index contributed by atoms with van der Waals surface area (Å²) < 4.78 is 16.9. The Morgan fingerprint density at radius 3 is 2.60 bits per heavy atom. The van der Waals surface area contributed by atoms with Gasteiger partial charge in [-0.1, -0.05) is 44.2 Å². The van der Waals surface area contributed by atoms with E-state index in [4.69, 9.17) is 0 Å². The van der Waals surface area contributed by atoms with Crippen molar-refractivity contribution in [3.8, 4) is 17.2 Å². The molecule has 174 valence electrons. The molecule has 3 aromatic carbocycles. The average Bonchev–Trinajstić information content (AvgIpc) is 3.41. The minimum absolute atomic E-state index is 0.205. The van der Waals surface area contributed by atoms with Crippen molar-refractivity contribution in [3.05, 3.63) is 94.4 Å². The maximum Gasteiger partial charge on any atom is 0.335 e. The van der Waals surface area contributed by atoms with Crippen LogP contribution in [0.15, 0.2) is 65.7 Å². The summed E-state index contributed by atoms with van der Waals surface area (Å²) in [7, 11) is 0. The molecular weight excluding hydrogens is 441 g/mol. The van der Waals surface area contributed by atoms with Crippen LogP contribution in [0, 0.1) is 17.1 Å². The van der Waals surface area contributed by atoms with Crippen molar-refractivity contribution in [2.45, 2.75) is 38.8 Å². The van der Waals surface area contributed by atoms with Gasteiger partial charge in [0, 0.05) is 45.8 Å². The number of rotatable bonds is 6. The van der Waals surface area contributed by atoms with Gasteiger partial charge in [-0.15, -0.1) is 0 Å². The van der Waals surface area contributed by atoms with Gasteiger partial charge in [0.1, 0.15) is 5.82 Å². The molecule has 6 heteroatoms. The first-order chi connectivity index (χ1) is 16.8. The lowest BCUT2D eigenvalue weighted by molar-refractivity contribution is 0.0697. The van der Waals surface area contributed by atoms with Crippen LogP contribution in [0.2, 0.25) is 0 Å². The minimum Gasteiger partial charge on any atom is -0.478 e. The lowest BCUT2D eigenvalue weighted by Gasteiger charge is -2.27. The second-order valence-electron chi connectivity index (χ2n) is 9.54. The second kappa shape index (κ2) is 8.52. The lowest BCUT2D eigenvalue weighted by Crippen LogP contribution is -2.23. The Morgan fingerprint density at radius 2 is 1.91 bits per heavy atom. The number of nitriles is 1. The zero-order valence-electron chi connectivity index (χ0n) is 19.5. The van der Waals surface area contributed by atoms with Crippen LogP contribution in [-0.2, 0) is 18.5 Å². The Morgan fingerprint density at radius 1 is 1.17 bits per heavy atom. The Kier molecular flexibility index (Phi) is 5.49. The SMILES string of the molecule is CC(C)(CC#N)c1c(-c2ccc(C(=O)O)cc2)c2cc3c(cc2n1Cc1ccccc1F)C=NC3. The molecule has 0 bridgehead atoms. The van der Waals surface area contributed by atoms with Gasteiger partial charge in [-0.25, -0.2) is 9.18 Å². The molecule has 1 aromatic heterocycles. The monoisotopic (exact) mass is 465 g/mol. The van der Waals surface area contributed by atoms with Crippen LogP contribution in [0.4, 0.5) is 4.39 Å². The summed E-state index contributed by atoms with van der Waals surface area (Å²) in [6, 6.07) is 20.1. The first-order valence-electron chi connectivity index (χ1n) is 11.4. The Labute approximate surface area is 202 Å². The third-order valence-electron chi connectivity index (χ3n) is 6.69. The van der Waals surface area contributed by atoms with E-state index in [-0.39, 0.29) is 17.8 Å². The van der Waals surface area contributed by atoms with E-state index in [0.29, 0.717) is 18.7 Å². The maximum atomic E-state index is 14.8. The molecule has 0 saturated heterocycles. The number of hydrogen-bond donors (Lipinski definition) is 1. The third-order valence-corrected chi connectivity index (χ3v) is 6.69. The Balaban J connectivity index is 1.86. The summed E-state index contributed by atoms with van der Waals surface area (Å²) in [5.41, 5.74) is 5.97. The number of aromatic nitrogens is 1. The van der Waals surface area contributed by atoms with E-state index in [2.05, 4.69) is 27.8 Å². The fourth-order valence-corrected chi connectivity index (χ4v) is 4.97. The topological polar surface area (TPSA) is 78.4 Å². The van der Waals surface area contributed by atoms with Crippen LogP contribution >= 0.6 is 0 Å². The molecule has 0 fully saturated rings. The van der Waals surface area contributed by atoms with Crippen molar-refractivity contribution in [2.75, 3.05) is 0 Å². The average molecular weight is 466 g/mol. The van der Waals surface area contributed by atoms with Gasteiger partial charge in [-0.3, -0.25) is 4.99 Å². The van der Waals surface area contributed by atoms with Crippen LogP contribution in [0.5, 0.6) is 0 Å². The number of halogens is 1. The Bertz CT molecular complexity index is 1540. The zero-order valence-corrected chi connectivity index (χ0v) is 19.5. The standard InChI is InChI=1S/C29H24FN3O2/c1-29(2,11-12-31)27-26(18-7-9-19(10-8-18)28(34)35)23-13-21-15-32-16-22(21)14-25(23)33(27)17-20-5-3-4-6-24(20)30/h3-10,13-14,16H,11,15,17H2,1-2H3,(H,34,35). The summed E-state index contributed by atoms with van der Waals surface area (Å²) in [6.07, 6.45) is 2.12. The number of carbonyl (C=O) groups is 1. The molecule has 0 aliphatic carbocycles. The van der Waals surface area contributed by atoms with Crippen LogP contribution in [0.3, 0.4) is 0 Å². The van der Waals surface area contributed by atoms with Crippen molar-refractivity contribution in [3.63, 3.8) is 0 Å². The fourth-order valence-electron chi connectivity index (χ4n) is 4.97. The van der Waals surface area contributed by atoms with Gasteiger partial charge in [-0.05, 0) is 47.0 Å². The van der Waals surface area contributed by atoms with E-state index >= 15 is 0 Å². The fraction of sp³-hybridized carbons (Fsp3) is 0.207. The van der Waals surface area contributed by atoms with Crippen molar-refractivity contribution in [1.82, 2.24) is 4.57 Å². The summed E-state index contributed by atoms with van der Waals surface area (Å²) in [5.74, 6) is -1.27. The quantitative estimate of drug-likeness (QED) is 0.362. The van der Waals surface area contributed by atoms with E-state index in [0.717, 1.165) is 38.9 Å². The molecule has 0 saturated carbocycles. The molecule has 5 nitrogen and oxygen atoms in total. The molecular formula is C29H24FN3O2. The van der Waals surface area contributed by atoms with Gasteiger partial charge in [-0.2, -0.15) is 5.26 Å². The summed E-state index contributed by atoms with van der Waals surface area (Å²) in [6.45, 7) is 4.94. The van der Waals surface area contributed by atoms with Crippen LogP contribution in [0.1, 0.15) is 53.0 Å². The molecule has 0 unspecified atom stereocenters. The molecule has 5 rings (SSSR count). The lowest BCUT2D eigenvalue weighted by atomic mass is 9.81. The highest BCUT2D eigenvalue weighted by Gasteiger charge is 2.32. The highest BCUT2D eigenvalue weighted by Crippen LogP contribution is 2.44. The minimum atomic E-state index is -0.987. The molecule has 1 aliphatic heterocycles. The number of hydrogen-bond acceptors (Lipinski definition) is 3. The molecule has 35 heavy (non-hydrogen) atoms. The first kappa shape index (κ1) is 22.5. The second-order valence-corrected chi connectivity index (χ2v) is 9.54. The van der Waals surface area contributed by atoms with Crippen molar-refractivity contribution >= 4 is 23.1 Å². The van der Waals surface area contributed by atoms with Gasteiger partial charge in [0.15, 0.2) is 0 Å². The molecule has 2 heterocycles. The van der Waals surface area contributed by atoms with Gasteiger partial charge >= 0.3 is 5.97 Å². The number of nitrogens with zero attached hydrogens (tertiary/aromatic N) is 3. The number of benzene rings is 3. The van der Waals surface area contributed by atoms with E-state index in [1.807, 2.05) is 26.1 Å². The molecule has 0 spiro atoms. The molecule has 1 aliphatic rings. The molecule has 1 N–H and O–H groups in total. The molecule has 0 amide bonds. The number of carboxylic acid groups (broad SMARTS) is 1. The van der Waals surface area contributed by atoms with Crippen LogP contribution in [-0.4, -0.2) is 21.9 Å². The summed E-state index contributed by atoms with van der Waals surface area (Å²) in [4.78, 5) is 15.9. The van der Waals surface area contributed by atoms with E-state index < -0.39 is 11.4 Å². The Hall–Kier alpha value is -4.24. The van der Waals surface area contributed by atoms with Crippen LogP contribution in [0.25, 0.3) is 22.0 Å². The van der Waals surface area contributed by atoms with Gasteiger partial charge in [0.2, 0.25) is 0 Å². The van der Waals surface area contributed by atoms with Gasteiger partial charge < -0.3 is 9.67 Å². The van der Waals surface area contributed by atoms with Crippen molar-refractivity contribution in [2.24, 2.45) is 4.99 Å². The molecule has 0 radical (unpaired) electrons. The van der Waals surface area contributed by atoms with E-state index in [1.54, 1.807) is 36.4 Å². The maximum absolute atomic E-state index is 14.8. The number of aliphatic imine (C=N–C) groups is 1. The molecule has 4 aromatic rings. The summed E-state index contributed by atoms with van der Waals surface area (Å²) >= 11 is 0. The first-order valence-corrected chi connectivity index (χ1v) is 11.4.